The molecule has 118 valence electrons. The van der Waals surface area contributed by atoms with Crippen LogP contribution in [0, 0.1) is 13.8 Å². The van der Waals surface area contributed by atoms with E-state index in [9.17, 15) is 13.2 Å². The number of rotatable bonds is 5. The summed E-state index contributed by atoms with van der Waals surface area (Å²) in [5.41, 5.74) is 1.95. The smallest absolute Gasteiger partial charge is 0.337 e. The summed E-state index contributed by atoms with van der Waals surface area (Å²) in [4.78, 5) is 10.9. The molecule has 2 aromatic rings. The molecule has 0 aliphatic rings. The minimum absolute atomic E-state index is 0.0204. The summed E-state index contributed by atoms with van der Waals surface area (Å²) in [5, 5.41) is 15.7. The van der Waals surface area contributed by atoms with Crippen molar-refractivity contribution < 1.29 is 18.3 Å². The second-order valence-electron chi connectivity index (χ2n) is 4.68. The molecule has 0 saturated heterocycles. The lowest BCUT2D eigenvalue weighted by molar-refractivity contribution is 0.0697. The van der Waals surface area contributed by atoms with E-state index in [1.165, 1.54) is 12.1 Å². The monoisotopic (exact) mass is 343 g/mol. The number of aryl methyl sites for hydroxylation is 2. The number of aromatic amines is 1. The van der Waals surface area contributed by atoms with Crippen LogP contribution >= 0.6 is 11.6 Å². The van der Waals surface area contributed by atoms with Crippen LogP contribution in [0.15, 0.2) is 23.1 Å². The van der Waals surface area contributed by atoms with Crippen molar-refractivity contribution in [2.75, 3.05) is 0 Å². The second-order valence-corrected chi connectivity index (χ2v) is 6.86. The molecule has 7 nitrogen and oxygen atoms in total. The zero-order valence-corrected chi connectivity index (χ0v) is 13.4. The first-order valence-electron chi connectivity index (χ1n) is 6.25. The van der Waals surface area contributed by atoms with Crippen molar-refractivity contribution in [2.24, 2.45) is 0 Å². The molecule has 9 heteroatoms. The Bertz CT molecular complexity index is 810. The van der Waals surface area contributed by atoms with Gasteiger partial charge in [0, 0.05) is 17.8 Å². The highest BCUT2D eigenvalue weighted by Crippen LogP contribution is 2.21. The first-order chi connectivity index (χ1) is 10.2. The van der Waals surface area contributed by atoms with Gasteiger partial charge in [0.05, 0.1) is 21.2 Å². The Hall–Kier alpha value is -1.90. The number of hydrogen-bond acceptors (Lipinski definition) is 4. The standard InChI is InChI=1S/C13H14ClN3O4S/c1-7-11(8(2)17-16-7)6-15-22(20,21)9-3-4-12(14)10(5-9)13(18)19/h3-5,15H,6H2,1-2H3,(H,16,17)(H,18,19). The van der Waals surface area contributed by atoms with E-state index in [4.69, 9.17) is 16.7 Å². The topological polar surface area (TPSA) is 112 Å². The van der Waals surface area contributed by atoms with Gasteiger partial charge in [-0.3, -0.25) is 5.10 Å². The summed E-state index contributed by atoms with van der Waals surface area (Å²) in [6.45, 7) is 3.61. The molecule has 0 radical (unpaired) electrons. The fourth-order valence-corrected chi connectivity index (χ4v) is 3.14. The van der Waals surface area contributed by atoms with Crippen LogP contribution in [-0.4, -0.2) is 29.7 Å². The van der Waals surface area contributed by atoms with E-state index in [2.05, 4.69) is 14.9 Å². The summed E-state index contributed by atoms with van der Waals surface area (Å²) in [6, 6.07) is 3.53. The number of aromatic carboxylic acids is 1. The molecule has 0 aliphatic heterocycles. The SMILES string of the molecule is Cc1n[nH]c(C)c1CNS(=O)(=O)c1ccc(Cl)c(C(=O)O)c1. The summed E-state index contributed by atoms with van der Waals surface area (Å²) < 4.78 is 26.9. The lowest BCUT2D eigenvalue weighted by Crippen LogP contribution is -2.24. The molecule has 3 N–H and O–H groups in total. The van der Waals surface area contributed by atoms with Crippen LogP contribution in [0.5, 0.6) is 0 Å². The quantitative estimate of drug-likeness (QED) is 0.767. The third-order valence-electron chi connectivity index (χ3n) is 3.20. The molecular formula is C13H14ClN3O4S. The van der Waals surface area contributed by atoms with E-state index in [0.29, 0.717) is 5.69 Å². The number of sulfonamides is 1. The van der Waals surface area contributed by atoms with E-state index < -0.39 is 16.0 Å². The van der Waals surface area contributed by atoms with Crippen molar-refractivity contribution in [1.29, 1.82) is 0 Å². The van der Waals surface area contributed by atoms with E-state index in [1.807, 2.05) is 0 Å². The van der Waals surface area contributed by atoms with E-state index in [-0.39, 0.29) is 22.0 Å². The number of carboxylic acids is 1. The Morgan fingerprint density at radius 1 is 1.41 bits per heavy atom. The number of benzene rings is 1. The Labute approximate surface area is 132 Å². The highest BCUT2D eigenvalue weighted by molar-refractivity contribution is 7.89. The maximum Gasteiger partial charge on any atom is 0.337 e. The van der Waals surface area contributed by atoms with Crippen molar-refractivity contribution in [3.8, 4) is 0 Å². The second kappa shape index (κ2) is 6.07. The summed E-state index contributed by atoms with van der Waals surface area (Å²) in [6.07, 6.45) is 0. The molecule has 0 amide bonds. The Morgan fingerprint density at radius 2 is 2.09 bits per heavy atom. The third kappa shape index (κ3) is 3.29. The number of nitrogens with one attached hydrogen (secondary N) is 2. The highest BCUT2D eigenvalue weighted by Gasteiger charge is 2.19. The van der Waals surface area contributed by atoms with Crippen LogP contribution in [0.25, 0.3) is 0 Å². The molecule has 1 heterocycles. The van der Waals surface area contributed by atoms with Crippen molar-refractivity contribution in [1.82, 2.24) is 14.9 Å². The van der Waals surface area contributed by atoms with E-state index in [0.717, 1.165) is 17.3 Å². The van der Waals surface area contributed by atoms with Crippen LogP contribution in [0.3, 0.4) is 0 Å². The molecule has 0 unspecified atom stereocenters. The number of nitrogens with zero attached hydrogens (tertiary/aromatic N) is 1. The zero-order chi connectivity index (χ0) is 16.5. The van der Waals surface area contributed by atoms with Crippen LogP contribution in [0.1, 0.15) is 27.3 Å². The van der Waals surface area contributed by atoms with Gasteiger partial charge in [0.1, 0.15) is 0 Å². The number of carboxylic acid groups (broad SMARTS) is 1. The highest BCUT2D eigenvalue weighted by atomic mass is 35.5. The lowest BCUT2D eigenvalue weighted by atomic mass is 10.2. The maximum atomic E-state index is 12.3. The van der Waals surface area contributed by atoms with Gasteiger partial charge in [-0.2, -0.15) is 5.10 Å². The number of H-pyrrole nitrogens is 1. The summed E-state index contributed by atoms with van der Waals surface area (Å²) in [5.74, 6) is -1.29. The number of halogens is 1. The third-order valence-corrected chi connectivity index (χ3v) is 4.93. The molecule has 2 rings (SSSR count). The maximum absolute atomic E-state index is 12.3. The summed E-state index contributed by atoms with van der Waals surface area (Å²) >= 11 is 5.73. The molecule has 1 aromatic carbocycles. The van der Waals surface area contributed by atoms with Crippen molar-refractivity contribution in [2.45, 2.75) is 25.3 Å². The van der Waals surface area contributed by atoms with Gasteiger partial charge in [-0.15, -0.1) is 0 Å². The zero-order valence-electron chi connectivity index (χ0n) is 11.8. The molecule has 0 spiro atoms. The fourth-order valence-electron chi connectivity index (χ4n) is 1.92. The van der Waals surface area contributed by atoms with Crippen LogP contribution in [0.2, 0.25) is 5.02 Å². The van der Waals surface area contributed by atoms with Gasteiger partial charge in [0.15, 0.2) is 0 Å². The molecule has 0 atom stereocenters. The Balaban J connectivity index is 2.28. The van der Waals surface area contributed by atoms with Gasteiger partial charge in [-0.1, -0.05) is 11.6 Å². The Kier molecular flexibility index (Phi) is 4.55. The van der Waals surface area contributed by atoms with E-state index >= 15 is 0 Å². The Morgan fingerprint density at radius 3 is 2.64 bits per heavy atom. The normalized spacial score (nSPS) is 11.6. The fraction of sp³-hybridized carbons (Fsp3) is 0.231. The van der Waals surface area contributed by atoms with Crippen LogP contribution in [0.4, 0.5) is 0 Å². The van der Waals surface area contributed by atoms with Gasteiger partial charge in [0.2, 0.25) is 10.0 Å². The number of carbonyl (C=O) groups is 1. The molecule has 0 aliphatic carbocycles. The van der Waals surface area contributed by atoms with Gasteiger partial charge in [0.25, 0.3) is 0 Å². The summed E-state index contributed by atoms with van der Waals surface area (Å²) in [7, 11) is -3.86. The minimum Gasteiger partial charge on any atom is -0.478 e. The average molecular weight is 344 g/mol. The van der Waals surface area contributed by atoms with Crippen molar-refractivity contribution >= 4 is 27.6 Å². The molecule has 1 aromatic heterocycles. The molecule has 22 heavy (non-hydrogen) atoms. The first-order valence-corrected chi connectivity index (χ1v) is 8.11. The number of hydrogen-bond donors (Lipinski definition) is 3. The minimum atomic E-state index is -3.86. The lowest BCUT2D eigenvalue weighted by Gasteiger charge is -2.08. The predicted molar refractivity (Wildman–Crippen MR) is 80.5 cm³/mol. The van der Waals surface area contributed by atoms with Crippen LogP contribution < -0.4 is 4.72 Å². The first kappa shape index (κ1) is 16.5. The van der Waals surface area contributed by atoms with Gasteiger partial charge in [-0.05, 0) is 32.0 Å². The number of aromatic nitrogens is 2. The average Bonchev–Trinajstić information content (AvgIpc) is 2.76. The van der Waals surface area contributed by atoms with E-state index in [1.54, 1.807) is 13.8 Å². The molecule has 0 fully saturated rings. The molecule has 0 bridgehead atoms. The largest absolute Gasteiger partial charge is 0.478 e. The van der Waals surface area contributed by atoms with Crippen molar-refractivity contribution in [3.05, 3.63) is 45.7 Å². The van der Waals surface area contributed by atoms with Gasteiger partial charge < -0.3 is 5.11 Å². The van der Waals surface area contributed by atoms with Gasteiger partial charge >= 0.3 is 5.97 Å². The van der Waals surface area contributed by atoms with Gasteiger partial charge in [-0.25, -0.2) is 17.9 Å². The molecule has 0 saturated carbocycles. The molecular weight excluding hydrogens is 330 g/mol. The van der Waals surface area contributed by atoms with Crippen LogP contribution in [-0.2, 0) is 16.6 Å². The predicted octanol–water partition coefficient (Wildman–Crippen LogP) is 1.86. The van der Waals surface area contributed by atoms with Crippen molar-refractivity contribution in [3.63, 3.8) is 0 Å².